The van der Waals surface area contributed by atoms with Gasteiger partial charge in [-0.2, -0.15) is 0 Å². The molecule has 2 atom stereocenters. The van der Waals surface area contributed by atoms with Gasteiger partial charge in [-0.3, -0.25) is 13.8 Å². The van der Waals surface area contributed by atoms with Crippen LogP contribution in [-0.2, 0) is 27.9 Å². The number of rotatable bonds is 40. The normalized spacial score (nSPS) is 14.3. The summed E-state index contributed by atoms with van der Waals surface area (Å²) >= 11 is 0. The molecule has 9 heteroatoms. The molecule has 0 fully saturated rings. The van der Waals surface area contributed by atoms with E-state index in [1.807, 2.05) is 0 Å². The van der Waals surface area contributed by atoms with E-state index in [0.717, 1.165) is 103 Å². The van der Waals surface area contributed by atoms with Crippen LogP contribution in [0.5, 0.6) is 0 Å². The number of hydrogen-bond acceptors (Lipinski definition) is 7. The summed E-state index contributed by atoms with van der Waals surface area (Å²) in [5.74, 6) is -0.351. The SMILES string of the molecule is CC/C=C\C/C=C\C/C=C\C/C=C\C/C=C\C/C=C\CCCCCCCCCOCC(COP(=O)(O)OCCN)OC(=O)CCCCCCC/C=C\CCC. The van der Waals surface area contributed by atoms with E-state index in [-0.39, 0.29) is 32.3 Å². The summed E-state index contributed by atoms with van der Waals surface area (Å²) in [5.41, 5.74) is 5.36. The highest BCUT2D eigenvalue weighted by molar-refractivity contribution is 7.47. The molecule has 0 saturated heterocycles. The summed E-state index contributed by atoms with van der Waals surface area (Å²) in [7, 11) is -4.28. The lowest BCUT2D eigenvalue weighted by Gasteiger charge is -2.20. The maximum absolute atomic E-state index is 12.5. The molecule has 316 valence electrons. The number of hydrogen-bond donors (Lipinski definition) is 2. The Balaban J connectivity index is 4.00. The second-order valence-electron chi connectivity index (χ2n) is 13.8. The third-order valence-corrected chi connectivity index (χ3v) is 9.51. The highest BCUT2D eigenvalue weighted by Crippen LogP contribution is 2.43. The Hall–Kier alpha value is -2.32. The van der Waals surface area contributed by atoms with Gasteiger partial charge in [-0.1, -0.05) is 157 Å². The second-order valence-corrected chi connectivity index (χ2v) is 15.3. The minimum absolute atomic E-state index is 0.0926. The average molecular weight is 790 g/mol. The van der Waals surface area contributed by atoms with E-state index in [1.165, 1.54) is 38.5 Å². The molecule has 0 aromatic rings. The van der Waals surface area contributed by atoms with Crippen LogP contribution in [0.25, 0.3) is 0 Å². The fourth-order valence-corrected chi connectivity index (χ4v) is 6.18. The van der Waals surface area contributed by atoms with Gasteiger partial charge in [-0.05, 0) is 83.5 Å². The molecule has 0 aromatic heterocycles. The van der Waals surface area contributed by atoms with Crippen molar-refractivity contribution in [3.8, 4) is 0 Å². The first-order valence-corrected chi connectivity index (χ1v) is 23.1. The topological polar surface area (TPSA) is 117 Å². The summed E-state index contributed by atoms with van der Waals surface area (Å²) in [5, 5.41) is 0. The summed E-state index contributed by atoms with van der Waals surface area (Å²) < 4.78 is 33.3. The van der Waals surface area contributed by atoms with Gasteiger partial charge in [-0.25, -0.2) is 4.57 Å². The van der Waals surface area contributed by atoms with E-state index in [1.54, 1.807) is 0 Å². The monoisotopic (exact) mass is 790 g/mol. The molecule has 0 saturated carbocycles. The fourth-order valence-electron chi connectivity index (χ4n) is 5.41. The predicted molar refractivity (Wildman–Crippen MR) is 233 cm³/mol. The van der Waals surface area contributed by atoms with Gasteiger partial charge >= 0.3 is 13.8 Å². The van der Waals surface area contributed by atoms with Gasteiger partial charge in [0.05, 0.1) is 19.8 Å². The summed E-state index contributed by atoms with van der Waals surface area (Å²) in [6.07, 6.45) is 54.7. The molecule has 2 unspecified atom stereocenters. The number of nitrogens with two attached hydrogens (primary N) is 1. The highest BCUT2D eigenvalue weighted by atomic mass is 31.2. The molecule has 8 nitrogen and oxygen atoms in total. The Morgan fingerprint density at radius 1 is 0.564 bits per heavy atom. The summed E-state index contributed by atoms with van der Waals surface area (Å²) in [4.78, 5) is 22.4. The number of esters is 1. The van der Waals surface area contributed by atoms with Crippen LogP contribution in [0, 0.1) is 0 Å². The number of ether oxygens (including phenoxy) is 2. The first-order valence-electron chi connectivity index (χ1n) is 21.6. The number of phosphoric ester groups is 1. The van der Waals surface area contributed by atoms with E-state index in [4.69, 9.17) is 24.3 Å². The quantitative estimate of drug-likeness (QED) is 0.0273. The smallest absolute Gasteiger partial charge is 0.457 e. The summed E-state index contributed by atoms with van der Waals surface area (Å²) in [6.45, 7) is 4.68. The lowest BCUT2D eigenvalue weighted by molar-refractivity contribution is -0.154. The van der Waals surface area contributed by atoms with E-state index >= 15 is 0 Å². The van der Waals surface area contributed by atoms with Crippen LogP contribution < -0.4 is 5.73 Å². The second kappa shape index (κ2) is 42.8. The average Bonchev–Trinajstić information content (AvgIpc) is 3.17. The van der Waals surface area contributed by atoms with Crippen molar-refractivity contribution in [1.29, 1.82) is 0 Å². The van der Waals surface area contributed by atoms with Gasteiger partial charge in [-0.15, -0.1) is 0 Å². The lowest BCUT2D eigenvalue weighted by Crippen LogP contribution is -2.28. The van der Waals surface area contributed by atoms with E-state index in [9.17, 15) is 14.3 Å². The van der Waals surface area contributed by atoms with Crippen molar-refractivity contribution in [1.82, 2.24) is 0 Å². The van der Waals surface area contributed by atoms with Crippen molar-refractivity contribution in [3.63, 3.8) is 0 Å². The number of unbranched alkanes of at least 4 members (excludes halogenated alkanes) is 13. The molecule has 0 heterocycles. The van der Waals surface area contributed by atoms with Gasteiger partial charge in [0.25, 0.3) is 0 Å². The molecule has 0 radical (unpaired) electrons. The molecule has 0 spiro atoms. The van der Waals surface area contributed by atoms with E-state index in [2.05, 4.69) is 98.9 Å². The van der Waals surface area contributed by atoms with Crippen LogP contribution in [-0.4, -0.2) is 49.9 Å². The Morgan fingerprint density at radius 3 is 1.55 bits per heavy atom. The van der Waals surface area contributed by atoms with Gasteiger partial charge in [0.15, 0.2) is 0 Å². The Labute approximate surface area is 337 Å². The Kier molecular flexibility index (Phi) is 41.0. The number of phosphoric acid groups is 1. The van der Waals surface area contributed by atoms with Crippen molar-refractivity contribution in [2.45, 2.75) is 168 Å². The minimum Gasteiger partial charge on any atom is -0.457 e. The fraction of sp³-hybridized carbons (Fsp3) is 0.674. The maximum Gasteiger partial charge on any atom is 0.472 e. The van der Waals surface area contributed by atoms with Crippen molar-refractivity contribution < 1.29 is 32.8 Å². The maximum atomic E-state index is 12.5. The van der Waals surface area contributed by atoms with Gasteiger partial charge in [0.2, 0.25) is 0 Å². The van der Waals surface area contributed by atoms with E-state index < -0.39 is 13.9 Å². The van der Waals surface area contributed by atoms with Gasteiger partial charge in [0.1, 0.15) is 6.10 Å². The van der Waals surface area contributed by atoms with Crippen molar-refractivity contribution in [2.75, 3.05) is 33.0 Å². The Bertz CT molecular complexity index is 1110. The zero-order valence-corrected chi connectivity index (χ0v) is 35.8. The number of carbonyl (C=O) groups excluding carboxylic acids is 1. The van der Waals surface area contributed by atoms with Gasteiger partial charge < -0.3 is 20.1 Å². The van der Waals surface area contributed by atoms with Gasteiger partial charge in [0, 0.05) is 19.6 Å². The van der Waals surface area contributed by atoms with Crippen LogP contribution in [0.15, 0.2) is 85.1 Å². The van der Waals surface area contributed by atoms with Crippen molar-refractivity contribution in [2.24, 2.45) is 5.73 Å². The highest BCUT2D eigenvalue weighted by Gasteiger charge is 2.25. The van der Waals surface area contributed by atoms with E-state index in [0.29, 0.717) is 13.0 Å². The molecule has 0 rings (SSSR count). The molecule has 0 bridgehead atoms. The zero-order chi connectivity index (χ0) is 40.2. The predicted octanol–water partition coefficient (Wildman–Crippen LogP) is 12.9. The molecule has 3 N–H and O–H groups in total. The third-order valence-electron chi connectivity index (χ3n) is 8.53. The molecule has 0 amide bonds. The lowest BCUT2D eigenvalue weighted by atomic mass is 10.1. The molecule has 55 heavy (non-hydrogen) atoms. The van der Waals surface area contributed by atoms with Crippen molar-refractivity contribution >= 4 is 13.8 Å². The van der Waals surface area contributed by atoms with Crippen LogP contribution in [0.3, 0.4) is 0 Å². The molecule has 0 aliphatic rings. The number of carbonyl (C=O) groups is 1. The molecular formula is C46H80NO7P. The molecule has 0 aliphatic heterocycles. The molecular weight excluding hydrogens is 709 g/mol. The largest absolute Gasteiger partial charge is 0.472 e. The van der Waals surface area contributed by atoms with Crippen LogP contribution in [0.2, 0.25) is 0 Å². The zero-order valence-electron chi connectivity index (χ0n) is 34.9. The first-order chi connectivity index (χ1) is 26.9. The summed E-state index contributed by atoms with van der Waals surface area (Å²) in [6, 6.07) is 0. The number of allylic oxidation sites excluding steroid dienone is 14. The van der Waals surface area contributed by atoms with Crippen LogP contribution >= 0.6 is 7.82 Å². The third kappa shape index (κ3) is 42.7. The Morgan fingerprint density at radius 2 is 1.02 bits per heavy atom. The first kappa shape index (κ1) is 52.7. The van der Waals surface area contributed by atoms with Crippen LogP contribution in [0.4, 0.5) is 0 Å². The standard InChI is InChI=1S/C46H80NO7P/c1-3-5-7-9-11-13-15-16-17-18-19-20-21-22-23-24-25-26-27-28-29-30-32-34-36-38-41-51-43-45(44-53-55(49,50)52-42-40-47)54-46(48)39-37-35-33-31-14-12-10-8-6-4-2/h5,7-8,10-11,13,16-17,19-20,22-23,25-26,45H,3-4,6,9,12,14-15,18,21,24,27-44,47H2,1-2H3,(H,49,50)/b7-5-,10-8-,13-11-,17-16-,20-19-,23-22-,26-25-. The molecule has 0 aromatic carbocycles. The minimum atomic E-state index is -4.28. The molecule has 0 aliphatic carbocycles. The van der Waals surface area contributed by atoms with Crippen molar-refractivity contribution in [3.05, 3.63) is 85.1 Å². The van der Waals surface area contributed by atoms with Crippen LogP contribution in [0.1, 0.15) is 162 Å².